The van der Waals surface area contributed by atoms with Crippen LogP contribution >= 0.6 is 0 Å². The Morgan fingerprint density at radius 3 is 2.70 bits per heavy atom. The van der Waals surface area contributed by atoms with Crippen LogP contribution in [0.15, 0.2) is 12.4 Å². The van der Waals surface area contributed by atoms with Gasteiger partial charge in [-0.25, -0.2) is 4.98 Å². The highest BCUT2D eigenvalue weighted by atomic mass is 16.1. The predicted molar refractivity (Wildman–Crippen MR) is 80.4 cm³/mol. The minimum atomic E-state index is -0.222. The molecule has 0 radical (unpaired) electrons. The fourth-order valence-corrected chi connectivity index (χ4v) is 2.02. The minimum absolute atomic E-state index is 0.112. The van der Waals surface area contributed by atoms with Crippen LogP contribution in [0, 0.1) is 0 Å². The summed E-state index contributed by atoms with van der Waals surface area (Å²) in [6.45, 7) is 9.51. The second-order valence-electron chi connectivity index (χ2n) is 4.87. The Bertz CT molecular complexity index is 420. The second-order valence-corrected chi connectivity index (χ2v) is 4.87. The number of carbonyl (C=O) groups excluding carboxylic acids is 1. The van der Waals surface area contributed by atoms with Gasteiger partial charge in [-0.1, -0.05) is 13.8 Å². The molecule has 0 spiro atoms. The molecule has 1 heterocycles. The molecule has 1 aromatic heterocycles. The van der Waals surface area contributed by atoms with E-state index < -0.39 is 0 Å². The number of nitrogen functional groups attached to an aromatic ring is 1. The number of amides is 1. The second kappa shape index (κ2) is 8.47. The molecule has 0 bridgehead atoms. The van der Waals surface area contributed by atoms with E-state index >= 15 is 0 Å². The molecule has 0 aliphatic heterocycles. The van der Waals surface area contributed by atoms with Gasteiger partial charge in [0.05, 0.1) is 12.4 Å². The number of hydrogen-bond acceptors (Lipinski definition) is 5. The topological polar surface area (TPSA) is 84.1 Å². The quantitative estimate of drug-likeness (QED) is 0.749. The van der Waals surface area contributed by atoms with Crippen molar-refractivity contribution in [1.29, 1.82) is 0 Å². The fourth-order valence-electron chi connectivity index (χ4n) is 2.02. The van der Waals surface area contributed by atoms with Crippen LogP contribution in [0.4, 0.5) is 5.82 Å². The molecular weight excluding hydrogens is 254 g/mol. The predicted octanol–water partition coefficient (Wildman–Crippen LogP) is 1.30. The van der Waals surface area contributed by atoms with E-state index in [-0.39, 0.29) is 23.5 Å². The third-order valence-corrected chi connectivity index (χ3v) is 3.27. The van der Waals surface area contributed by atoms with E-state index in [1.165, 1.54) is 12.4 Å². The number of nitrogens with zero attached hydrogens (tertiary/aromatic N) is 3. The molecule has 0 saturated heterocycles. The molecule has 0 fully saturated rings. The molecule has 1 atom stereocenters. The molecule has 0 aliphatic rings. The maximum absolute atomic E-state index is 11.9. The molecule has 0 saturated carbocycles. The molecule has 1 aromatic rings. The first kappa shape index (κ1) is 16.4. The number of aromatic nitrogens is 2. The summed E-state index contributed by atoms with van der Waals surface area (Å²) in [5, 5.41) is 2.92. The molecule has 1 rings (SSSR count). The summed E-state index contributed by atoms with van der Waals surface area (Å²) < 4.78 is 0. The van der Waals surface area contributed by atoms with Crippen molar-refractivity contribution in [3.05, 3.63) is 18.1 Å². The van der Waals surface area contributed by atoms with Crippen LogP contribution in [0.5, 0.6) is 0 Å². The molecule has 0 aliphatic carbocycles. The highest BCUT2D eigenvalue weighted by Gasteiger charge is 2.12. The number of anilines is 1. The maximum atomic E-state index is 11.9. The van der Waals surface area contributed by atoms with Crippen LogP contribution in [-0.2, 0) is 0 Å². The van der Waals surface area contributed by atoms with Gasteiger partial charge in [0.1, 0.15) is 11.5 Å². The van der Waals surface area contributed by atoms with Gasteiger partial charge in [0.15, 0.2) is 0 Å². The maximum Gasteiger partial charge on any atom is 0.271 e. The van der Waals surface area contributed by atoms with Gasteiger partial charge in [0.2, 0.25) is 0 Å². The van der Waals surface area contributed by atoms with Crippen LogP contribution in [0.2, 0.25) is 0 Å². The summed E-state index contributed by atoms with van der Waals surface area (Å²) in [5.41, 5.74) is 5.78. The molecule has 1 unspecified atom stereocenters. The lowest BCUT2D eigenvalue weighted by Gasteiger charge is -2.19. The Morgan fingerprint density at radius 2 is 2.10 bits per heavy atom. The minimum Gasteiger partial charge on any atom is -0.382 e. The average Bonchev–Trinajstić information content (AvgIpc) is 2.43. The number of carbonyl (C=O) groups is 1. The summed E-state index contributed by atoms with van der Waals surface area (Å²) in [6, 6.07) is 0.112. The third kappa shape index (κ3) is 5.52. The van der Waals surface area contributed by atoms with Crippen LogP contribution in [0.1, 0.15) is 44.1 Å². The smallest absolute Gasteiger partial charge is 0.271 e. The van der Waals surface area contributed by atoms with Gasteiger partial charge in [0, 0.05) is 6.04 Å². The summed E-state index contributed by atoms with van der Waals surface area (Å²) in [4.78, 5) is 22.1. The molecule has 6 heteroatoms. The van der Waals surface area contributed by atoms with Crippen molar-refractivity contribution in [2.45, 2.75) is 39.7 Å². The fraction of sp³-hybridized carbons (Fsp3) is 0.643. The van der Waals surface area contributed by atoms with Gasteiger partial charge < -0.3 is 16.0 Å². The van der Waals surface area contributed by atoms with E-state index in [1.807, 2.05) is 6.92 Å². The van der Waals surface area contributed by atoms with Crippen LogP contribution < -0.4 is 11.1 Å². The monoisotopic (exact) mass is 279 g/mol. The van der Waals surface area contributed by atoms with E-state index in [1.54, 1.807) is 0 Å². The zero-order valence-electron chi connectivity index (χ0n) is 12.6. The highest BCUT2D eigenvalue weighted by Crippen LogP contribution is 2.02. The number of nitrogens with two attached hydrogens (primary N) is 1. The molecule has 0 aromatic carbocycles. The molecule has 6 nitrogen and oxygen atoms in total. The first-order chi connectivity index (χ1) is 9.56. The van der Waals surface area contributed by atoms with Crippen molar-refractivity contribution in [3.8, 4) is 0 Å². The molecular formula is C14H25N5O. The van der Waals surface area contributed by atoms with E-state index in [2.05, 4.69) is 34.0 Å². The highest BCUT2D eigenvalue weighted by molar-refractivity contribution is 5.92. The van der Waals surface area contributed by atoms with E-state index in [4.69, 9.17) is 5.73 Å². The molecule has 20 heavy (non-hydrogen) atoms. The molecule has 112 valence electrons. The summed E-state index contributed by atoms with van der Waals surface area (Å²) >= 11 is 0. The van der Waals surface area contributed by atoms with Crippen molar-refractivity contribution in [2.75, 3.05) is 25.4 Å². The van der Waals surface area contributed by atoms with E-state index in [0.717, 1.165) is 32.5 Å². The van der Waals surface area contributed by atoms with Crippen molar-refractivity contribution in [2.24, 2.45) is 0 Å². The first-order valence-electron chi connectivity index (χ1n) is 7.17. The van der Waals surface area contributed by atoms with Gasteiger partial charge >= 0.3 is 0 Å². The van der Waals surface area contributed by atoms with E-state index in [0.29, 0.717) is 0 Å². The molecule has 1 amide bonds. The van der Waals surface area contributed by atoms with Gasteiger partial charge in [-0.3, -0.25) is 9.78 Å². The zero-order valence-corrected chi connectivity index (χ0v) is 12.6. The zero-order chi connectivity index (χ0) is 15.0. The van der Waals surface area contributed by atoms with Crippen molar-refractivity contribution < 1.29 is 4.79 Å². The number of hydrogen-bond donors (Lipinski definition) is 2. The Labute approximate surface area is 120 Å². The SMILES string of the molecule is CCN(CC)CCCC(C)NC(=O)c1cncc(N)n1. The van der Waals surface area contributed by atoms with Crippen molar-refractivity contribution in [3.63, 3.8) is 0 Å². The van der Waals surface area contributed by atoms with Gasteiger partial charge in [0.25, 0.3) is 5.91 Å². The lowest BCUT2D eigenvalue weighted by molar-refractivity contribution is 0.0932. The standard InChI is InChI=1S/C14H25N5O/c1-4-19(5-2)8-6-7-11(3)17-14(20)12-9-16-10-13(15)18-12/h9-11H,4-8H2,1-3H3,(H2,15,18)(H,17,20). The summed E-state index contributed by atoms with van der Waals surface area (Å²) in [5.74, 6) is 0.0342. The largest absolute Gasteiger partial charge is 0.382 e. The molecule has 3 N–H and O–H groups in total. The van der Waals surface area contributed by atoms with E-state index in [9.17, 15) is 4.79 Å². The Morgan fingerprint density at radius 1 is 1.40 bits per heavy atom. The van der Waals surface area contributed by atoms with Crippen molar-refractivity contribution in [1.82, 2.24) is 20.2 Å². The van der Waals surface area contributed by atoms with Gasteiger partial charge in [-0.15, -0.1) is 0 Å². The Balaban J connectivity index is 2.35. The number of rotatable bonds is 8. The first-order valence-corrected chi connectivity index (χ1v) is 7.17. The lowest BCUT2D eigenvalue weighted by Crippen LogP contribution is -2.34. The normalized spacial score (nSPS) is 12.4. The lowest BCUT2D eigenvalue weighted by atomic mass is 10.1. The van der Waals surface area contributed by atoms with Crippen LogP contribution in [0.25, 0.3) is 0 Å². The average molecular weight is 279 g/mol. The summed E-state index contributed by atoms with van der Waals surface area (Å²) in [6.07, 6.45) is 4.85. The van der Waals surface area contributed by atoms with Crippen LogP contribution in [0.3, 0.4) is 0 Å². The van der Waals surface area contributed by atoms with Crippen LogP contribution in [-0.4, -0.2) is 46.5 Å². The van der Waals surface area contributed by atoms with Gasteiger partial charge in [-0.05, 0) is 39.4 Å². The Hall–Kier alpha value is -1.69. The number of nitrogens with one attached hydrogen (secondary N) is 1. The summed E-state index contributed by atoms with van der Waals surface area (Å²) in [7, 11) is 0. The van der Waals surface area contributed by atoms with Crippen molar-refractivity contribution >= 4 is 11.7 Å². The third-order valence-electron chi connectivity index (χ3n) is 3.27. The Kier molecular flexibility index (Phi) is 6.93. The van der Waals surface area contributed by atoms with Gasteiger partial charge in [-0.2, -0.15) is 0 Å².